The number of tetrazole rings is 1. The van der Waals surface area contributed by atoms with Crippen molar-refractivity contribution in [2.45, 2.75) is 6.54 Å². The molecule has 2 heterocycles. The largest absolute Gasteiger partial charge is 0.336 e. The Morgan fingerprint density at radius 3 is 2.50 bits per heavy atom. The zero-order chi connectivity index (χ0) is 17.5. The lowest BCUT2D eigenvalue weighted by Gasteiger charge is -2.08. The van der Waals surface area contributed by atoms with Crippen LogP contribution in [0, 0.1) is 3.57 Å². The molecule has 0 unspecified atom stereocenters. The summed E-state index contributed by atoms with van der Waals surface area (Å²) in [6.45, 7) is 0.836. The first kappa shape index (κ1) is 15.5. The number of aromatic nitrogens is 5. The molecule has 0 fully saturated rings. The fourth-order valence-electron chi connectivity index (χ4n) is 3.42. The summed E-state index contributed by atoms with van der Waals surface area (Å²) in [5.41, 5.74) is 4.68. The maximum Gasteiger partial charge on any atom is 0.204 e. The Bertz CT molecular complexity index is 1210. The van der Waals surface area contributed by atoms with Gasteiger partial charge in [0.2, 0.25) is 5.82 Å². The van der Waals surface area contributed by atoms with E-state index in [0.717, 1.165) is 12.1 Å². The van der Waals surface area contributed by atoms with Crippen LogP contribution in [0.2, 0.25) is 0 Å². The fraction of sp³-hybridized carbons (Fsp3) is 0.0500. The molecule has 0 aliphatic rings. The van der Waals surface area contributed by atoms with Crippen LogP contribution in [0.4, 0.5) is 0 Å². The smallest absolute Gasteiger partial charge is 0.204 e. The highest BCUT2D eigenvalue weighted by atomic mass is 127. The van der Waals surface area contributed by atoms with Gasteiger partial charge in [0.1, 0.15) is 0 Å². The summed E-state index contributed by atoms with van der Waals surface area (Å²) >= 11 is 2.34. The molecule has 0 aliphatic heterocycles. The molecule has 0 atom stereocenters. The normalized spacial score (nSPS) is 11.4. The fourth-order valence-corrected chi connectivity index (χ4v) is 3.78. The monoisotopic (exact) mass is 451 g/mol. The van der Waals surface area contributed by atoms with Crippen molar-refractivity contribution in [2.75, 3.05) is 0 Å². The third-order valence-corrected chi connectivity index (χ3v) is 5.35. The average Bonchev–Trinajstić information content (AvgIpc) is 3.31. The van der Waals surface area contributed by atoms with Crippen LogP contribution in [0.25, 0.3) is 33.2 Å². The van der Waals surface area contributed by atoms with Gasteiger partial charge in [0.05, 0.1) is 0 Å². The molecular formula is C20H14IN5. The minimum atomic E-state index is 0.612. The van der Waals surface area contributed by atoms with Crippen LogP contribution >= 0.6 is 22.6 Å². The molecule has 0 aliphatic carbocycles. The van der Waals surface area contributed by atoms with E-state index in [-0.39, 0.29) is 0 Å². The number of halogens is 1. The van der Waals surface area contributed by atoms with E-state index < -0.39 is 0 Å². The van der Waals surface area contributed by atoms with Crippen LogP contribution in [0.3, 0.4) is 0 Å². The highest BCUT2D eigenvalue weighted by molar-refractivity contribution is 14.1. The van der Waals surface area contributed by atoms with Crippen LogP contribution in [0.5, 0.6) is 0 Å². The van der Waals surface area contributed by atoms with E-state index in [9.17, 15) is 0 Å². The van der Waals surface area contributed by atoms with Gasteiger partial charge >= 0.3 is 0 Å². The maximum atomic E-state index is 4.10. The third kappa shape index (κ3) is 2.57. The van der Waals surface area contributed by atoms with Crippen molar-refractivity contribution >= 4 is 44.4 Å². The van der Waals surface area contributed by atoms with Crippen LogP contribution < -0.4 is 0 Å². The Labute approximate surface area is 163 Å². The number of nitrogens with zero attached hydrogens (tertiary/aromatic N) is 4. The Balaban J connectivity index is 1.72. The molecule has 126 valence electrons. The molecule has 5 rings (SSSR count). The molecule has 0 radical (unpaired) electrons. The molecule has 0 bridgehead atoms. The first-order valence-corrected chi connectivity index (χ1v) is 9.37. The van der Waals surface area contributed by atoms with Gasteiger partial charge < -0.3 is 4.57 Å². The number of hydrogen-bond donors (Lipinski definition) is 1. The van der Waals surface area contributed by atoms with E-state index in [1.807, 2.05) is 0 Å². The van der Waals surface area contributed by atoms with Gasteiger partial charge in [-0.15, -0.1) is 10.2 Å². The highest BCUT2D eigenvalue weighted by Gasteiger charge is 2.13. The summed E-state index contributed by atoms with van der Waals surface area (Å²) in [6, 6.07) is 23.5. The second-order valence-electron chi connectivity index (χ2n) is 6.20. The number of benzene rings is 3. The van der Waals surface area contributed by atoms with Crippen LogP contribution in [0.15, 0.2) is 66.7 Å². The van der Waals surface area contributed by atoms with Crippen molar-refractivity contribution in [3.8, 4) is 11.4 Å². The summed E-state index contributed by atoms with van der Waals surface area (Å²) in [6.07, 6.45) is 0. The molecule has 0 saturated carbocycles. The van der Waals surface area contributed by atoms with E-state index in [0.29, 0.717) is 5.82 Å². The first-order chi connectivity index (χ1) is 12.8. The van der Waals surface area contributed by atoms with Crippen LogP contribution in [0.1, 0.15) is 5.56 Å². The van der Waals surface area contributed by atoms with E-state index in [2.05, 4.69) is 115 Å². The molecule has 5 nitrogen and oxygen atoms in total. The number of rotatable bonds is 3. The van der Waals surface area contributed by atoms with Crippen molar-refractivity contribution in [3.05, 3.63) is 75.9 Å². The van der Waals surface area contributed by atoms with E-state index >= 15 is 0 Å². The van der Waals surface area contributed by atoms with Gasteiger partial charge in [0.15, 0.2) is 0 Å². The highest BCUT2D eigenvalue weighted by Crippen LogP contribution is 2.32. The molecule has 2 aromatic heterocycles. The Kier molecular flexibility index (Phi) is 3.70. The molecule has 3 aromatic carbocycles. The third-order valence-electron chi connectivity index (χ3n) is 4.63. The summed E-state index contributed by atoms with van der Waals surface area (Å²) in [5, 5.41) is 16.8. The molecule has 0 saturated heterocycles. The molecular weight excluding hydrogens is 437 g/mol. The van der Waals surface area contributed by atoms with Gasteiger partial charge in [-0.05, 0) is 69.8 Å². The second kappa shape index (κ2) is 6.21. The summed E-state index contributed by atoms with van der Waals surface area (Å²) in [7, 11) is 0. The molecule has 26 heavy (non-hydrogen) atoms. The quantitative estimate of drug-likeness (QED) is 0.407. The van der Waals surface area contributed by atoms with Gasteiger partial charge in [-0.3, -0.25) is 0 Å². The topological polar surface area (TPSA) is 59.4 Å². The summed E-state index contributed by atoms with van der Waals surface area (Å²) in [5.74, 6) is 0.612. The minimum absolute atomic E-state index is 0.612. The Hall–Kier alpha value is -2.74. The molecule has 6 heteroatoms. The lowest BCUT2D eigenvalue weighted by molar-refractivity contribution is 0.869. The lowest BCUT2D eigenvalue weighted by atomic mass is 10.1. The lowest BCUT2D eigenvalue weighted by Crippen LogP contribution is -1.99. The van der Waals surface area contributed by atoms with Gasteiger partial charge in [-0.25, -0.2) is 0 Å². The predicted octanol–water partition coefficient (Wildman–Crippen LogP) is 4.63. The summed E-state index contributed by atoms with van der Waals surface area (Å²) in [4.78, 5) is 0. The van der Waals surface area contributed by atoms with Gasteiger partial charge in [0.25, 0.3) is 0 Å². The standard InChI is InChI=1S/C20H14IN5/c21-15-8-5-13(6-9-15)12-26-18-4-2-1-3-16(18)17-11-14(7-10-19(17)26)20-22-24-25-23-20/h1-11H,12H2,(H,22,23,24,25). The van der Waals surface area contributed by atoms with Gasteiger partial charge in [0, 0.05) is 37.5 Å². The maximum absolute atomic E-state index is 4.10. The van der Waals surface area contributed by atoms with Crippen LogP contribution in [-0.2, 0) is 6.54 Å². The Morgan fingerprint density at radius 2 is 1.69 bits per heavy atom. The number of hydrogen-bond acceptors (Lipinski definition) is 3. The van der Waals surface area contributed by atoms with Crippen molar-refractivity contribution in [3.63, 3.8) is 0 Å². The van der Waals surface area contributed by atoms with Crippen molar-refractivity contribution in [1.82, 2.24) is 25.2 Å². The van der Waals surface area contributed by atoms with E-state index in [1.165, 1.54) is 30.9 Å². The van der Waals surface area contributed by atoms with Crippen LogP contribution in [-0.4, -0.2) is 25.2 Å². The van der Waals surface area contributed by atoms with Crippen molar-refractivity contribution in [2.24, 2.45) is 0 Å². The number of para-hydroxylation sites is 1. The number of H-pyrrole nitrogens is 1. The van der Waals surface area contributed by atoms with Crippen molar-refractivity contribution in [1.29, 1.82) is 0 Å². The molecule has 5 aromatic rings. The predicted molar refractivity (Wildman–Crippen MR) is 111 cm³/mol. The second-order valence-corrected chi connectivity index (χ2v) is 7.44. The first-order valence-electron chi connectivity index (χ1n) is 8.29. The summed E-state index contributed by atoms with van der Waals surface area (Å²) < 4.78 is 3.62. The SMILES string of the molecule is Ic1ccc(Cn2c3ccccc3c3cc(-c4nn[nH]n4)ccc32)cc1. The van der Waals surface area contributed by atoms with Gasteiger partial charge in [-0.1, -0.05) is 30.3 Å². The molecule has 0 spiro atoms. The zero-order valence-corrected chi connectivity index (χ0v) is 15.9. The van der Waals surface area contributed by atoms with E-state index in [4.69, 9.17) is 0 Å². The van der Waals surface area contributed by atoms with Crippen molar-refractivity contribution < 1.29 is 0 Å². The zero-order valence-electron chi connectivity index (χ0n) is 13.7. The Morgan fingerprint density at radius 1 is 0.885 bits per heavy atom. The number of fused-ring (bicyclic) bond motifs is 3. The van der Waals surface area contributed by atoms with E-state index in [1.54, 1.807) is 0 Å². The van der Waals surface area contributed by atoms with Gasteiger partial charge in [-0.2, -0.15) is 5.21 Å². The minimum Gasteiger partial charge on any atom is -0.336 e. The average molecular weight is 451 g/mol. The molecule has 1 N–H and O–H groups in total. The number of aromatic amines is 1. The molecule has 0 amide bonds. The number of nitrogens with one attached hydrogen (secondary N) is 1.